The number of ether oxygens (including phenoxy) is 5. The minimum Gasteiger partial charge on any atom is -0.466 e. The lowest BCUT2D eigenvalue weighted by Crippen LogP contribution is -2.27. The van der Waals surface area contributed by atoms with Crippen LogP contribution in [0.15, 0.2) is 12.2 Å². The van der Waals surface area contributed by atoms with Gasteiger partial charge in [0.15, 0.2) is 0 Å². The van der Waals surface area contributed by atoms with Crippen LogP contribution in [0.3, 0.4) is 0 Å². The first kappa shape index (κ1) is 55.1. The van der Waals surface area contributed by atoms with E-state index >= 15 is 0 Å². The number of rotatable bonds is 38. The van der Waals surface area contributed by atoms with Crippen LogP contribution in [0.1, 0.15) is 201 Å². The summed E-state index contributed by atoms with van der Waals surface area (Å²) < 4.78 is 28.8. The Kier molecular flexibility index (Phi) is 33.7. The van der Waals surface area contributed by atoms with Crippen molar-refractivity contribution < 1.29 is 47.7 Å². The van der Waals surface area contributed by atoms with E-state index in [2.05, 4.69) is 44.7 Å². The van der Waals surface area contributed by atoms with Crippen molar-refractivity contribution in [1.82, 2.24) is 4.90 Å². The molecule has 11 nitrogen and oxygen atoms in total. The maximum Gasteiger partial charge on any atom is 0.306 e. The molecule has 0 N–H and O–H groups in total. The Bertz CT molecular complexity index is 1150. The van der Waals surface area contributed by atoms with Crippen molar-refractivity contribution in [3.63, 3.8) is 0 Å². The minimum absolute atomic E-state index is 0.0746. The number of hydrogen-bond acceptors (Lipinski definition) is 11. The van der Waals surface area contributed by atoms with Crippen LogP contribution in [0.25, 0.3) is 0 Å². The standard InChI is InChI=1S/C49H87NO10/c1-7-11-15-16-17-21-26-42(34-36-56-49(55)37-41-32-33-44(43(41)27-18-12-8-2)60-48(54)31-24-35-50(5)6)59-47(53)30-23-22-25-40(38-57-45(51)28-19-13-9-3)39-58-46(52)29-20-14-10-4/h12,18,40-44H,7-11,13-17,19-39H2,1-6H3/b18-12-. The average Bonchev–Trinajstić information content (AvgIpc) is 3.57. The Morgan fingerprint density at radius 1 is 0.583 bits per heavy atom. The van der Waals surface area contributed by atoms with Crippen LogP contribution in [0.2, 0.25) is 0 Å². The van der Waals surface area contributed by atoms with E-state index in [1.165, 1.54) is 19.3 Å². The molecule has 0 bridgehead atoms. The number of esters is 5. The maximum atomic E-state index is 13.2. The first-order chi connectivity index (χ1) is 29.0. The second-order valence-electron chi connectivity index (χ2n) is 17.3. The molecule has 0 aromatic heterocycles. The Balaban J connectivity index is 2.72. The largest absolute Gasteiger partial charge is 0.466 e. The van der Waals surface area contributed by atoms with E-state index in [4.69, 9.17) is 23.7 Å². The van der Waals surface area contributed by atoms with Gasteiger partial charge in [-0.15, -0.1) is 0 Å². The van der Waals surface area contributed by atoms with Crippen molar-refractivity contribution in [3.8, 4) is 0 Å². The molecular formula is C49H87NO10. The third-order valence-electron chi connectivity index (χ3n) is 11.5. The van der Waals surface area contributed by atoms with Crippen LogP contribution in [-0.2, 0) is 47.7 Å². The fourth-order valence-electron chi connectivity index (χ4n) is 7.80. The minimum atomic E-state index is -0.335. The van der Waals surface area contributed by atoms with Gasteiger partial charge in [-0.25, -0.2) is 0 Å². The summed E-state index contributed by atoms with van der Waals surface area (Å²) >= 11 is 0. The molecule has 348 valence electrons. The van der Waals surface area contributed by atoms with Crippen LogP contribution in [0, 0.1) is 17.8 Å². The van der Waals surface area contributed by atoms with E-state index in [1.807, 2.05) is 14.1 Å². The van der Waals surface area contributed by atoms with Gasteiger partial charge in [-0.05, 0) is 97.2 Å². The second-order valence-corrected chi connectivity index (χ2v) is 17.3. The summed E-state index contributed by atoms with van der Waals surface area (Å²) in [4.78, 5) is 65.6. The van der Waals surface area contributed by atoms with Crippen LogP contribution >= 0.6 is 0 Å². The maximum absolute atomic E-state index is 13.2. The lowest BCUT2D eigenvalue weighted by atomic mass is 9.88. The first-order valence-corrected chi connectivity index (χ1v) is 24.2. The van der Waals surface area contributed by atoms with E-state index in [0.717, 1.165) is 103 Å². The van der Waals surface area contributed by atoms with Crippen molar-refractivity contribution in [1.29, 1.82) is 0 Å². The van der Waals surface area contributed by atoms with Gasteiger partial charge in [0.2, 0.25) is 0 Å². The van der Waals surface area contributed by atoms with Gasteiger partial charge in [-0.2, -0.15) is 0 Å². The summed E-state index contributed by atoms with van der Waals surface area (Å²) in [5, 5.41) is 0. The summed E-state index contributed by atoms with van der Waals surface area (Å²) in [6.07, 6.45) is 24.9. The quantitative estimate of drug-likeness (QED) is 0.0254. The van der Waals surface area contributed by atoms with Crippen molar-refractivity contribution in [2.24, 2.45) is 17.8 Å². The number of carbonyl (C=O) groups is 5. The second kappa shape index (κ2) is 36.7. The highest BCUT2D eigenvalue weighted by Gasteiger charge is 2.39. The van der Waals surface area contributed by atoms with Crippen LogP contribution < -0.4 is 0 Å². The van der Waals surface area contributed by atoms with Crippen molar-refractivity contribution in [3.05, 3.63) is 12.2 Å². The normalized spacial score (nSPS) is 17.0. The van der Waals surface area contributed by atoms with E-state index in [1.54, 1.807) is 0 Å². The molecule has 1 saturated carbocycles. The van der Waals surface area contributed by atoms with Gasteiger partial charge in [0.05, 0.1) is 19.8 Å². The molecule has 0 aliphatic heterocycles. The van der Waals surface area contributed by atoms with Crippen molar-refractivity contribution >= 4 is 29.8 Å². The summed E-state index contributed by atoms with van der Waals surface area (Å²) in [5.41, 5.74) is 0. The summed E-state index contributed by atoms with van der Waals surface area (Å²) in [6.45, 7) is 9.87. The summed E-state index contributed by atoms with van der Waals surface area (Å²) in [5.74, 6) is -1.14. The van der Waals surface area contributed by atoms with Gasteiger partial charge in [0.25, 0.3) is 0 Å². The third kappa shape index (κ3) is 29.3. The van der Waals surface area contributed by atoms with E-state index in [-0.39, 0.29) is 92.5 Å². The zero-order valence-electron chi connectivity index (χ0n) is 39.0. The number of hydrogen-bond donors (Lipinski definition) is 0. The molecule has 11 heteroatoms. The molecule has 1 fully saturated rings. The number of allylic oxidation sites excluding steroid dienone is 2. The molecule has 4 unspecified atom stereocenters. The number of carbonyl (C=O) groups excluding carboxylic acids is 5. The third-order valence-corrected chi connectivity index (χ3v) is 11.5. The topological polar surface area (TPSA) is 135 Å². The van der Waals surface area contributed by atoms with Crippen molar-refractivity contribution in [2.45, 2.75) is 213 Å². The molecule has 1 rings (SSSR count). The highest BCUT2D eigenvalue weighted by atomic mass is 16.6. The molecule has 1 aliphatic rings. The monoisotopic (exact) mass is 850 g/mol. The molecule has 1 aliphatic carbocycles. The molecule has 0 amide bonds. The SMILES string of the molecule is CC/C=C\CC1C(CC(=O)OCCC(CCCCCCCC)OC(=O)CCCCC(COC(=O)CCCCC)COC(=O)CCCCC)CCC1OC(=O)CCCN(C)C. The zero-order valence-corrected chi connectivity index (χ0v) is 39.0. The fraction of sp³-hybridized carbons (Fsp3) is 0.857. The molecule has 0 aromatic rings. The Morgan fingerprint density at radius 3 is 1.78 bits per heavy atom. The molecular weight excluding hydrogens is 763 g/mol. The van der Waals surface area contributed by atoms with Gasteiger partial charge in [0, 0.05) is 50.4 Å². The van der Waals surface area contributed by atoms with Crippen LogP contribution in [0.5, 0.6) is 0 Å². The van der Waals surface area contributed by atoms with E-state index < -0.39 is 0 Å². The smallest absolute Gasteiger partial charge is 0.306 e. The lowest BCUT2D eigenvalue weighted by Gasteiger charge is -2.24. The van der Waals surface area contributed by atoms with Gasteiger partial charge in [-0.1, -0.05) is 104 Å². The van der Waals surface area contributed by atoms with Crippen molar-refractivity contribution in [2.75, 3.05) is 40.5 Å². The molecule has 0 radical (unpaired) electrons. The fourth-order valence-corrected chi connectivity index (χ4v) is 7.80. The zero-order chi connectivity index (χ0) is 44.2. The molecule has 0 aromatic carbocycles. The summed E-state index contributed by atoms with van der Waals surface area (Å²) in [7, 11) is 3.98. The predicted molar refractivity (Wildman–Crippen MR) is 238 cm³/mol. The number of nitrogens with zero attached hydrogens (tertiary/aromatic N) is 1. The molecule has 0 spiro atoms. The highest BCUT2D eigenvalue weighted by molar-refractivity contribution is 5.71. The predicted octanol–water partition coefficient (Wildman–Crippen LogP) is 11.0. The summed E-state index contributed by atoms with van der Waals surface area (Å²) in [6, 6.07) is 0. The Morgan fingerprint density at radius 2 is 1.15 bits per heavy atom. The van der Waals surface area contributed by atoms with Crippen LogP contribution in [-0.4, -0.2) is 87.4 Å². The van der Waals surface area contributed by atoms with Gasteiger partial charge in [-0.3, -0.25) is 24.0 Å². The van der Waals surface area contributed by atoms with E-state index in [0.29, 0.717) is 44.9 Å². The molecule has 60 heavy (non-hydrogen) atoms. The lowest BCUT2D eigenvalue weighted by molar-refractivity contribution is -0.152. The van der Waals surface area contributed by atoms with Gasteiger partial charge < -0.3 is 28.6 Å². The molecule has 0 heterocycles. The van der Waals surface area contributed by atoms with Gasteiger partial charge >= 0.3 is 29.8 Å². The van der Waals surface area contributed by atoms with E-state index in [9.17, 15) is 24.0 Å². The van der Waals surface area contributed by atoms with Gasteiger partial charge in [0.1, 0.15) is 12.2 Å². The average molecular weight is 850 g/mol. The Labute approximate surface area is 365 Å². The molecule has 4 atom stereocenters. The Hall–Kier alpha value is -2.95. The molecule has 0 saturated heterocycles. The highest BCUT2D eigenvalue weighted by Crippen LogP contribution is 2.39. The van der Waals surface area contributed by atoms with Crippen LogP contribution in [0.4, 0.5) is 0 Å². The first-order valence-electron chi connectivity index (χ1n) is 24.2. The number of unbranched alkanes of at least 4 members (excludes halogenated alkanes) is 10.